The van der Waals surface area contributed by atoms with Crippen LogP contribution in [0.1, 0.15) is 18.1 Å². The van der Waals surface area contributed by atoms with E-state index < -0.39 is 0 Å². The summed E-state index contributed by atoms with van der Waals surface area (Å²) in [6.45, 7) is 4.56. The van der Waals surface area contributed by atoms with E-state index in [-0.39, 0.29) is 25.0 Å². The summed E-state index contributed by atoms with van der Waals surface area (Å²) < 4.78 is 5.01. The van der Waals surface area contributed by atoms with Gasteiger partial charge >= 0.3 is 5.97 Å². The van der Waals surface area contributed by atoms with Gasteiger partial charge in [-0.05, 0) is 37.1 Å². The number of hydrogen-bond acceptors (Lipinski definition) is 4. The molecule has 1 amide bonds. The molecule has 0 bridgehead atoms. The molecule has 2 aromatic rings. The molecule has 138 valence electrons. The Morgan fingerprint density at radius 3 is 2.50 bits per heavy atom. The number of esters is 1. The molecule has 0 saturated heterocycles. The van der Waals surface area contributed by atoms with Crippen LogP contribution < -0.4 is 5.32 Å². The number of benzene rings is 2. The van der Waals surface area contributed by atoms with Crippen LogP contribution in [0.15, 0.2) is 48.5 Å². The van der Waals surface area contributed by atoms with Crippen LogP contribution in [0.2, 0.25) is 5.02 Å². The lowest BCUT2D eigenvalue weighted by Crippen LogP contribution is -2.37. The first-order valence-electron chi connectivity index (χ1n) is 8.46. The van der Waals surface area contributed by atoms with Gasteiger partial charge in [-0.2, -0.15) is 0 Å². The Balaban J connectivity index is 2.02. The van der Waals surface area contributed by atoms with E-state index >= 15 is 0 Å². The molecule has 2 aromatic carbocycles. The number of carbonyl (C=O) groups is 2. The van der Waals surface area contributed by atoms with E-state index in [2.05, 4.69) is 5.32 Å². The molecule has 5 nitrogen and oxygen atoms in total. The average molecular weight is 375 g/mol. The molecule has 0 saturated carbocycles. The maximum Gasteiger partial charge on any atom is 0.320 e. The Labute approximate surface area is 158 Å². The molecule has 0 aliphatic carbocycles. The maximum atomic E-state index is 12.4. The molecule has 26 heavy (non-hydrogen) atoms. The quantitative estimate of drug-likeness (QED) is 0.716. The minimum atomic E-state index is -0.352. The number of nitrogens with one attached hydrogen (secondary N) is 1. The average Bonchev–Trinajstić information content (AvgIpc) is 2.59. The largest absolute Gasteiger partial charge is 0.465 e. The predicted molar refractivity (Wildman–Crippen MR) is 103 cm³/mol. The smallest absolute Gasteiger partial charge is 0.320 e. The number of hydrogen-bond donors (Lipinski definition) is 1. The molecule has 0 atom stereocenters. The summed E-state index contributed by atoms with van der Waals surface area (Å²) >= 11 is 6.09. The van der Waals surface area contributed by atoms with E-state index in [1.807, 2.05) is 43.3 Å². The monoisotopic (exact) mass is 374 g/mol. The van der Waals surface area contributed by atoms with Crippen LogP contribution in [-0.4, -0.2) is 36.5 Å². The molecule has 0 radical (unpaired) electrons. The lowest BCUT2D eigenvalue weighted by Gasteiger charge is -2.21. The molecule has 0 heterocycles. The Hall–Kier alpha value is -2.37. The van der Waals surface area contributed by atoms with Crippen LogP contribution in [-0.2, 0) is 20.9 Å². The van der Waals surface area contributed by atoms with Crippen molar-refractivity contribution < 1.29 is 14.3 Å². The summed E-state index contributed by atoms with van der Waals surface area (Å²) in [5.41, 5.74) is 2.59. The fourth-order valence-electron chi connectivity index (χ4n) is 2.47. The fourth-order valence-corrected chi connectivity index (χ4v) is 2.65. The molecule has 2 rings (SSSR count). The molecule has 6 heteroatoms. The second kappa shape index (κ2) is 9.94. The zero-order valence-electron chi connectivity index (χ0n) is 15.0. The highest BCUT2D eigenvalue weighted by molar-refractivity contribution is 6.31. The molecule has 0 aliphatic rings. The summed E-state index contributed by atoms with van der Waals surface area (Å²) in [6.07, 6.45) is 0. The SMILES string of the molecule is CCOC(=O)CN(CC(=O)Nc1ccc(C)c(Cl)c1)Cc1ccccc1. The van der Waals surface area contributed by atoms with Crippen molar-refractivity contribution >= 4 is 29.2 Å². The second-order valence-electron chi connectivity index (χ2n) is 5.95. The van der Waals surface area contributed by atoms with Crippen molar-refractivity contribution in [2.75, 3.05) is 25.0 Å². The van der Waals surface area contributed by atoms with E-state index in [4.69, 9.17) is 16.3 Å². The van der Waals surface area contributed by atoms with Crippen molar-refractivity contribution in [1.82, 2.24) is 4.90 Å². The van der Waals surface area contributed by atoms with Crippen LogP contribution in [0.4, 0.5) is 5.69 Å². The number of anilines is 1. The van der Waals surface area contributed by atoms with E-state index in [0.717, 1.165) is 11.1 Å². The van der Waals surface area contributed by atoms with Gasteiger partial charge < -0.3 is 10.1 Å². The number of amides is 1. The normalized spacial score (nSPS) is 10.6. The second-order valence-corrected chi connectivity index (χ2v) is 6.36. The Kier molecular flexibility index (Phi) is 7.63. The molecule has 0 aliphatic heterocycles. The van der Waals surface area contributed by atoms with Crippen molar-refractivity contribution in [3.05, 3.63) is 64.7 Å². The van der Waals surface area contributed by atoms with E-state index in [9.17, 15) is 9.59 Å². The van der Waals surface area contributed by atoms with Crippen molar-refractivity contribution in [1.29, 1.82) is 0 Å². The highest BCUT2D eigenvalue weighted by Crippen LogP contribution is 2.20. The van der Waals surface area contributed by atoms with Gasteiger partial charge in [0.2, 0.25) is 5.91 Å². The van der Waals surface area contributed by atoms with Crippen LogP contribution in [0.25, 0.3) is 0 Å². The number of rotatable bonds is 8. The van der Waals surface area contributed by atoms with Gasteiger partial charge in [-0.15, -0.1) is 0 Å². The van der Waals surface area contributed by atoms with Gasteiger partial charge in [0.15, 0.2) is 0 Å². The number of carbonyl (C=O) groups excluding carboxylic acids is 2. The summed E-state index contributed by atoms with van der Waals surface area (Å²) in [5, 5.41) is 3.41. The van der Waals surface area contributed by atoms with Gasteiger partial charge in [0.25, 0.3) is 0 Å². The fraction of sp³-hybridized carbons (Fsp3) is 0.300. The standard InChI is InChI=1S/C20H23ClN2O3/c1-3-26-20(25)14-23(12-16-7-5-4-6-8-16)13-19(24)22-17-10-9-15(2)18(21)11-17/h4-11H,3,12-14H2,1-2H3,(H,22,24). The molecular weight excluding hydrogens is 352 g/mol. The first kappa shape index (κ1) is 19.9. The van der Waals surface area contributed by atoms with E-state index in [0.29, 0.717) is 23.9 Å². The van der Waals surface area contributed by atoms with Crippen molar-refractivity contribution in [3.63, 3.8) is 0 Å². The van der Waals surface area contributed by atoms with Gasteiger partial charge in [-0.1, -0.05) is 48.0 Å². The minimum absolute atomic E-state index is 0.0464. The van der Waals surface area contributed by atoms with Crippen LogP contribution in [0.3, 0.4) is 0 Å². The Bertz CT molecular complexity index is 750. The van der Waals surface area contributed by atoms with Gasteiger partial charge in [0, 0.05) is 17.3 Å². The van der Waals surface area contributed by atoms with Gasteiger partial charge in [0.1, 0.15) is 0 Å². The lowest BCUT2D eigenvalue weighted by molar-refractivity contribution is -0.144. The first-order valence-corrected chi connectivity index (χ1v) is 8.83. The van der Waals surface area contributed by atoms with Gasteiger partial charge in [-0.3, -0.25) is 14.5 Å². The third-order valence-electron chi connectivity index (χ3n) is 3.73. The molecule has 0 unspecified atom stereocenters. The summed E-state index contributed by atoms with van der Waals surface area (Å²) in [5.74, 6) is -0.570. The zero-order valence-corrected chi connectivity index (χ0v) is 15.8. The summed E-state index contributed by atoms with van der Waals surface area (Å²) in [7, 11) is 0. The van der Waals surface area contributed by atoms with Gasteiger partial charge in [-0.25, -0.2) is 0 Å². The topological polar surface area (TPSA) is 58.6 Å². The Morgan fingerprint density at radius 2 is 1.85 bits per heavy atom. The lowest BCUT2D eigenvalue weighted by atomic mass is 10.2. The minimum Gasteiger partial charge on any atom is -0.465 e. The summed E-state index contributed by atoms with van der Waals surface area (Å²) in [6, 6.07) is 15.0. The predicted octanol–water partition coefficient (Wildman–Crippen LogP) is 3.65. The third-order valence-corrected chi connectivity index (χ3v) is 4.14. The first-order chi connectivity index (χ1) is 12.5. The van der Waals surface area contributed by atoms with E-state index in [1.54, 1.807) is 24.0 Å². The van der Waals surface area contributed by atoms with E-state index in [1.165, 1.54) is 0 Å². The maximum absolute atomic E-state index is 12.4. The number of halogens is 1. The molecule has 0 spiro atoms. The molecule has 0 fully saturated rings. The van der Waals surface area contributed by atoms with Gasteiger partial charge in [0.05, 0.1) is 19.7 Å². The Morgan fingerprint density at radius 1 is 1.12 bits per heavy atom. The van der Waals surface area contributed by atoms with Crippen molar-refractivity contribution in [3.8, 4) is 0 Å². The van der Waals surface area contributed by atoms with Crippen LogP contribution >= 0.6 is 11.6 Å². The zero-order chi connectivity index (χ0) is 18.9. The number of aryl methyl sites for hydroxylation is 1. The molecular formula is C20H23ClN2O3. The van der Waals surface area contributed by atoms with Crippen molar-refractivity contribution in [2.45, 2.75) is 20.4 Å². The molecule has 1 N–H and O–H groups in total. The number of nitrogens with zero attached hydrogens (tertiary/aromatic N) is 1. The highest BCUT2D eigenvalue weighted by Gasteiger charge is 2.16. The van der Waals surface area contributed by atoms with Crippen LogP contribution in [0.5, 0.6) is 0 Å². The molecule has 0 aromatic heterocycles. The van der Waals surface area contributed by atoms with Crippen molar-refractivity contribution in [2.24, 2.45) is 0 Å². The highest BCUT2D eigenvalue weighted by atomic mass is 35.5. The summed E-state index contributed by atoms with van der Waals surface area (Å²) in [4.78, 5) is 26.0. The third kappa shape index (κ3) is 6.50. The van der Waals surface area contributed by atoms with Crippen LogP contribution in [0, 0.1) is 6.92 Å². The number of ether oxygens (including phenoxy) is 1.